The highest BCUT2D eigenvalue weighted by Crippen LogP contribution is 2.41. The standard InChI is InChI=1S/C22H31N3O3/c1-24-12-17-9-18(8-16(17)10-20(24)26)25(2)21(27)22(13-23-14-22)11-15-5-4-6-19(7-15)28-3/h4-7,16-18,23H,8-14H2,1-3H3/t16-,17+,18-/m0/s1. The van der Waals surface area contributed by atoms with Crippen LogP contribution in [0.1, 0.15) is 24.8 Å². The van der Waals surface area contributed by atoms with Gasteiger partial charge in [0.25, 0.3) is 0 Å². The van der Waals surface area contributed by atoms with E-state index in [0.29, 0.717) is 31.3 Å². The molecule has 1 aromatic rings. The second-order valence-corrected chi connectivity index (χ2v) is 8.95. The fraction of sp³-hybridized carbons (Fsp3) is 0.636. The summed E-state index contributed by atoms with van der Waals surface area (Å²) in [5.74, 6) is 2.26. The molecule has 2 heterocycles. The normalized spacial score (nSPS) is 28.5. The van der Waals surface area contributed by atoms with Gasteiger partial charge in [-0.3, -0.25) is 9.59 Å². The maximum atomic E-state index is 13.5. The lowest BCUT2D eigenvalue weighted by Gasteiger charge is -2.45. The maximum Gasteiger partial charge on any atom is 0.231 e. The number of methoxy groups -OCH3 is 1. The summed E-state index contributed by atoms with van der Waals surface area (Å²) in [5, 5.41) is 3.31. The van der Waals surface area contributed by atoms with Gasteiger partial charge in [-0.2, -0.15) is 0 Å². The highest BCUT2D eigenvalue weighted by atomic mass is 16.5. The van der Waals surface area contributed by atoms with Gasteiger partial charge in [-0.1, -0.05) is 12.1 Å². The third kappa shape index (κ3) is 3.39. The topological polar surface area (TPSA) is 61.9 Å². The Hall–Kier alpha value is -2.08. The van der Waals surface area contributed by atoms with Crippen molar-refractivity contribution in [2.45, 2.75) is 31.7 Å². The Kier molecular flexibility index (Phi) is 5.08. The number of nitrogens with zero attached hydrogens (tertiary/aromatic N) is 2. The Bertz CT molecular complexity index is 761. The van der Waals surface area contributed by atoms with E-state index in [4.69, 9.17) is 4.74 Å². The lowest BCUT2D eigenvalue weighted by atomic mass is 9.74. The number of carbonyl (C=O) groups excluding carboxylic acids is 2. The zero-order chi connectivity index (χ0) is 19.9. The van der Waals surface area contributed by atoms with Crippen LogP contribution >= 0.6 is 0 Å². The monoisotopic (exact) mass is 385 g/mol. The van der Waals surface area contributed by atoms with Crippen molar-refractivity contribution in [1.29, 1.82) is 0 Å². The molecular formula is C22H31N3O3. The molecule has 0 radical (unpaired) electrons. The minimum atomic E-state index is -0.374. The van der Waals surface area contributed by atoms with Crippen LogP contribution in [-0.2, 0) is 16.0 Å². The molecule has 2 aliphatic heterocycles. The first-order valence-corrected chi connectivity index (χ1v) is 10.3. The largest absolute Gasteiger partial charge is 0.497 e. The highest BCUT2D eigenvalue weighted by Gasteiger charge is 2.49. The first-order chi connectivity index (χ1) is 13.4. The highest BCUT2D eigenvalue weighted by molar-refractivity contribution is 5.85. The van der Waals surface area contributed by atoms with Gasteiger partial charge in [-0.05, 0) is 48.8 Å². The zero-order valence-corrected chi connectivity index (χ0v) is 17.1. The van der Waals surface area contributed by atoms with Gasteiger partial charge in [0.05, 0.1) is 12.5 Å². The van der Waals surface area contributed by atoms with Crippen molar-refractivity contribution in [3.8, 4) is 5.75 Å². The molecule has 6 nitrogen and oxygen atoms in total. The molecule has 28 heavy (non-hydrogen) atoms. The SMILES string of the molecule is COc1cccc(CC2(C(=O)N(C)[C@H]3C[C@H]4CC(=O)N(C)C[C@H]4C3)CNC2)c1. The number of fused-ring (bicyclic) bond motifs is 1. The van der Waals surface area contributed by atoms with Gasteiger partial charge in [0.2, 0.25) is 11.8 Å². The summed E-state index contributed by atoms with van der Waals surface area (Å²) in [7, 11) is 5.52. The summed E-state index contributed by atoms with van der Waals surface area (Å²) >= 11 is 0. The number of carbonyl (C=O) groups is 2. The predicted molar refractivity (Wildman–Crippen MR) is 107 cm³/mol. The average Bonchev–Trinajstić information content (AvgIpc) is 3.06. The average molecular weight is 386 g/mol. The third-order valence-corrected chi connectivity index (χ3v) is 7.11. The van der Waals surface area contributed by atoms with E-state index in [9.17, 15) is 9.59 Å². The van der Waals surface area contributed by atoms with Crippen LogP contribution in [0, 0.1) is 17.3 Å². The summed E-state index contributed by atoms with van der Waals surface area (Å²) in [5.41, 5.74) is 0.761. The molecule has 2 saturated heterocycles. The first kappa shape index (κ1) is 19.2. The van der Waals surface area contributed by atoms with E-state index in [-0.39, 0.29) is 23.3 Å². The van der Waals surface area contributed by atoms with Gasteiger partial charge in [-0.25, -0.2) is 0 Å². The van der Waals surface area contributed by atoms with Gasteiger partial charge in [0, 0.05) is 46.2 Å². The fourth-order valence-corrected chi connectivity index (χ4v) is 5.30. The maximum absolute atomic E-state index is 13.5. The van der Waals surface area contributed by atoms with E-state index in [0.717, 1.165) is 37.1 Å². The van der Waals surface area contributed by atoms with Crippen molar-refractivity contribution in [3.63, 3.8) is 0 Å². The number of benzene rings is 1. The van der Waals surface area contributed by atoms with E-state index in [1.807, 2.05) is 42.1 Å². The molecule has 6 heteroatoms. The quantitative estimate of drug-likeness (QED) is 0.835. The van der Waals surface area contributed by atoms with Crippen LogP contribution in [0.4, 0.5) is 0 Å². The van der Waals surface area contributed by atoms with Crippen LogP contribution in [0.2, 0.25) is 0 Å². The molecule has 0 spiro atoms. The van der Waals surface area contributed by atoms with Crippen molar-refractivity contribution in [1.82, 2.24) is 15.1 Å². The van der Waals surface area contributed by atoms with Gasteiger partial charge < -0.3 is 19.9 Å². The zero-order valence-electron chi connectivity index (χ0n) is 17.1. The van der Waals surface area contributed by atoms with Gasteiger partial charge >= 0.3 is 0 Å². The number of piperidine rings is 1. The van der Waals surface area contributed by atoms with E-state index in [2.05, 4.69) is 11.4 Å². The number of likely N-dealkylation sites (tertiary alicyclic amines) is 1. The van der Waals surface area contributed by atoms with E-state index in [1.165, 1.54) is 0 Å². The molecule has 3 atom stereocenters. The van der Waals surface area contributed by atoms with Gasteiger partial charge in [-0.15, -0.1) is 0 Å². The molecule has 1 saturated carbocycles. The van der Waals surface area contributed by atoms with E-state index < -0.39 is 0 Å². The Morgan fingerprint density at radius 3 is 2.75 bits per heavy atom. The third-order valence-electron chi connectivity index (χ3n) is 7.11. The number of hydrogen-bond donors (Lipinski definition) is 1. The van der Waals surface area contributed by atoms with Crippen LogP contribution in [0.25, 0.3) is 0 Å². The molecule has 1 N–H and O–H groups in total. The number of nitrogens with one attached hydrogen (secondary N) is 1. The summed E-state index contributed by atoms with van der Waals surface area (Å²) in [4.78, 5) is 29.4. The van der Waals surface area contributed by atoms with Crippen LogP contribution < -0.4 is 10.1 Å². The van der Waals surface area contributed by atoms with Crippen molar-refractivity contribution < 1.29 is 14.3 Å². The molecule has 0 aromatic heterocycles. The number of ether oxygens (including phenoxy) is 1. The molecule has 4 rings (SSSR count). The van der Waals surface area contributed by atoms with Crippen molar-refractivity contribution >= 4 is 11.8 Å². The lowest BCUT2D eigenvalue weighted by Crippen LogP contribution is -2.63. The van der Waals surface area contributed by atoms with Crippen LogP contribution in [-0.4, -0.2) is 68.5 Å². The van der Waals surface area contributed by atoms with Crippen molar-refractivity contribution in [2.24, 2.45) is 17.3 Å². The van der Waals surface area contributed by atoms with Crippen LogP contribution in [0.15, 0.2) is 24.3 Å². The minimum absolute atomic E-state index is 0.234. The molecule has 1 aromatic carbocycles. The van der Waals surface area contributed by atoms with Crippen molar-refractivity contribution in [3.05, 3.63) is 29.8 Å². The smallest absolute Gasteiger partial charge is 0.231 e. The first-order valence-electron chi connectivity index (χ1n) is 10.3. The molecular weight excluding hydrogens is 354 g/mol. The molecule has 0 bridgehead atoms. The van der Waals surface area contributed by atoms with E-state index >= 15 is 0 Å². The fourth-order valence-electron chi connectivity index (χ4n) is 5.30. The molecule has 2 amide bonds. The summed E-state index contributed by atoms with van der Waals surface area (Å²) in [6.45, 7) is 2.26. The Labute approximate surface area is 167 Å². The van der Waals surface area contributed by atoms with E-state index in [1.54, 1.807) is 7.11 Å². The Balaban J connectivity index is 1.45. The Morgan fingerprint density at radius 2 is 2.07 bits per heavy atom. The number of rotatable bonds is 5. The second kappa shape index (κ2) is 7.39. The summed E-state index contributed by atoms with van der Waals surface area (Å²) in [6, 6.07) is 8.25. The summed E-state index contributed by atoms with van der Waals surface area (Å²) < 4.78 is 5.34. The van der Waals surface area contributed by atoms with Gasteiger partial charge in [0.15, 0.2) is 0 Å². The van der Waals surface area contributed by atoms with Crippen LogP contribution in [0.3, 0.4) is 0 Å². The lowest BCUT2D eigenvalue weighted by molar-refractivity contribution is -0.146. The Morgan fingerprint density at radius 1 is 1.32 bits per heavy atom. The molecule has 1 aliphatic carbocycles. The second-order valence-electron chi connectivity index (χ2n) is 8.95. The predicted octanol–water partition coefficient (Wildman–Crippen LogP) is 1.54. The summed E-state index contributed by atoms with van der Waals surface area (Å²) in [6.07, 6.45) is 3.32. The van der Waals surface area contributed by atoms with Crippen LogP contribution in [0.5, 0.6) is 5.75 Å². The molecule has 3 fully saturated rings. The van der Waals surface area contributed by atoms with Crippen molar-refractivity contribution in [2.75, 3.05) is 40.8 Å². The molecule has 3 aliphatic rings. The number of hydrogen-bond acceptors (Lipinski definition) is 4. The minimum Gasteiger partial charge on any atom is -0.497 e. The molecule has 152 valence electrons. The number of amides is 2. The molecule has 0 unspecified atom stereocenters. The van der Waals surface area contributed by atoms with Gasteiger partial charge in [0.1, 0.15) is 5.75 Å².